The van der Waals surface area contributed by atoms with Crippen LogP contribution in [-0.4, -0.2) is 34.9 Å². The van der Waals surface area contributed by atoms with Crippen molar-refractivity contribution in [2.45, 2.75) is 32.7 Å². The van der Waals surface area contributed by atoms with Crippen LogP contribution in [0.1, 0.15) is 25.5 Å². The highest BCUT2D eigenvalue weighted by molar-refractivity contribution is 5.86. The number of amides is 1. The molecule has 0 bridgehead atoms. The van der Waals surface area contributed by atoms with Gasteiger partial charge in [-0.2, -0.15) is 0 Å². The van der Waals surface area contributed by atoms with Gasteiger partial charge in [-0.25, -0.2) is 4.98 Å². The van der Waals surface area contributed by atoms with Gasteiger partial charge in [0, 0.05) is 19.2 Å². The summed E-state index contributed by atoms with van der Waals surface area (Å²) in [7, 11) is 0. The minimum absolute atomic E-state index is 0.00209. The molecule has 1 atom stereocenters. The molecule has 1 amide bonds. The second-order valence-electron chi connectivity index (χ2n) is 4.82. The molecule has 1 N–H and O–H groups in total. The van der Waals surface area contributed by atoms with E-state index in [1.54, 1.807) is 13.0 Å². The molecule has 2 heterocycles. The molecular weight excluding hydrogens is 260 g/mol. The summed E-state index contributed by atoms with van der Waals surface area (Å²) in [5.74, 6) is 0.623. The standard InChI is InChI=1S/C13H18N4O3/c1-3-4-11-13(18)14-7-8-16(11)12-6-5-10(17(19)20)9(2)15-12/h5-6,11H,3-4,7-8H2,1-2H3,(H,14,18)/t11-/m0/s1. The number of rotatable bonds is 4. The highest BCUT2D eigenvalue weighted by Gasteiger charge is 2.30. The lowest BCUT2D eigenvalue weighted by Gasteiger charge is -2.35. The Hall–Kier alpha value is -2.18. The predicted octanol–water partition coefficient (Wildman–Crippen LogP) is 1.40. The summed E-state index contributed by atoms with van der Waals surface area (Å²) in [5, 5.41) is 13.7. The second kappa shape index (κ2) is 5.85. The average Bonchev–Trinajstić information content (AvgIpc) is 2.40. The number of nitrogens with zero attached hydrogens (tertiary/aromatic N) is 3. The van der Waals surface area contributed by atoms with Crippen LogP contribution in [0.2, 0.25) is 0 Å². The number of hydrogen-bond donors (Lipinski definition) is 1. The molecule has 0 radical (unpaired) electrons. The number of aromatic nitrogens is 1. The van der Waals surface area contributed by atoms with E-state index in [1.165, 1.54) is 6.07 Å². The minimum Gasteiger partial charge on any atom is -0.353 e. The molecule has 0 aliphatic carbocycles. The average molecular weight is 278 g/mol. The number of aryl methyl sites for hydroxylation is 1. The van der Waals surface area contributed by atoms with E-state index in [1.807, 2.05) is 11.8 Å². The Balaban J connectivity index is 2.31. The van der Waals surface area contributed by atoms with Gasteiger partial charge in [-0.05, 0) is 19.4 Å². The number of hydrogen-bond acceptors (Lipinski definition) is 5. The molecular formula is C13H18N4O3. The van der Waals surface area contributed by atoms with Crippen LogP contribution in [0, 0.1) is 17.0 Å². The van der Waals surface area contributed by atoms with Crippen LogP contribution >= 0.6 is 0 Å². The summed E-state index contributed by atoms with van der Waals surface area (Å²) in [6, 6.07) is 2.82. The Morgan fingerprint density at radius 1 is 1.55 bits per heavy atom. The van der Waals surface area contributed by atoms with E-state index in [2.05, 4.69) is 10.3 Å². The van der Waals surface area contributed by atoms with Crippen molar-refractivity contribution in [3.8, 4) is 0 Å². The van der Waals surface area contributed by atoms with E-state index in [4.69, 9.17) is 0 Å². The molecule has 20 heavy (non-hydrogen) atoms. The van der Waals surface area contributed by atoms with Crippen molar-refractivity contribution in [3.63, 3.8) is 0 Å². The zero-order valence-corrected chi connectivity index (χ0v) is 11.6. The molecule has 1 aromatic heterocycles. The maximum atomic E-state index is 11.9. The number of nitro groups is 1. The summed E-state index contributed by atoms with van der Waals surface area (Å²) in [5.41, 5.74) is 0.371. The van der Waals surface area contributed by atoms with Crippen LogP contribution in [0.4, 0.5) is 11.5 Å². The topological polar surface area (TPSA) is 88.4 Å². The van der Waals surface area contributed by atoms with E-state index in [-0.39, 0.29) is 17.6 Å². The first-order chi connectivity index (χ1) is 9.54. The van der Waals surface area contributed by atoms with E-state index < -0.39 is 4.92 Å². The van der Waals surface area contributed by atoms with Gasteiger partial charge in [0.15, 0.2) is 0 Å². The van der Waals surface area contributed by atoms with Gasteiger partial charge in [0.05, 0.1) is 4.92 Å². The van der Waals surface area contributed by atoms with Crippen molar-refractivity contribution in [1.82, 2.24) is 10.3 Å². The van der Waals surface area contributed by atoms with Crippen molar-refractivity contribution >= 4 is 17.4 Å². The smallest absolute Gasteiger partial charge is 0.290 e. The predicted molar refractivity (Wildman–Crippen MR) is 74.7 cm³/mol. The van der Waals surface area contributed by atoms with Gasteiger partial charge in [-0.15, -0.1) is 0 Å². The highest BCUT2D eigenvalue weighted by atomic mass is 16.6. The molecule has 2 rings (SSSR count). The Morgan fingerprint density at radius 3 is 2.90 bits per heavy atom. The number of nitrogens with one attached hydrogen (secondary N) is 1. The van der Waals surface area contributed by atoms with Gasteiger partial charge >= 0.3 is 0 Å². The Morgan fingerprint density at radius 2 is 2.30 bits per heavy atom. The van der Waals surface area contributed by atoms with Crippen molar-refractivity contribution in [3.05, 3.63) is 27.9 Å². The van der Waals surface area contributed by atoms with E-state index >= 15 is 0 Å². The number of anilines is 1. The van der Waals surface area contributed by atoms with Gasteiger partial charge in [-0.1, -0.05) is 13.3 Å². The lowest BCUT2D eigenvalue weighted by atomic mass is 10.1. The Labute approximate surface area is 117 Å². The van der Waals surface area contributed by atoms with Crippen LogP contribution < -0.4 is 10.2 Å². The van der Waals surface area contributed by atoms with Gasteiger partial charge in [0.1, 0.15) is 17.6 Å². The van der Waals surface area contributed by atoms with Crippen LogP contribution in [-0.2, 0) is 4.79 Å². The Bertz CT molecular complexity index is 532. The van der Waals surface area contributed by atoms with Crippen LogP contribution in [0.3, 0.4) is 0 Å². The minimum atomic E-state index is -0.446. The normalized spacial score (nSPS) is 18.8. The molecule has 1 aliphatic rings. The molecule has 0 spiro atoms. The Kier molecular flexibility index (Phi) is 4.16. The maximum absolute atomic E-state index is 11.9. The third-order valence-corrected chi connectivity index (χ3v) is 3.43. The highest BCUT2D eigenvalue weighted by Crippen LogP contribution is 2.24. The summed E-state index contributed by atoms with van der Waals surface area (Å²) in [6.07, 6.45) is 1.63. The third kappa shape index (κ3) is 2.71. The van der Waals surface area contributed by atoms with E-state index in [0.717, 1.165) is 12.8 Å². The lowest BCUT2D eigenvalue weighted by molar-refractivity contribution is -0.385. The molecule has 1 aliphatic heterocycles. The lowest BCUT2D eigenvalue weighted by Crippen LogP contribution is -2.55. The largest absolute Gasteiger partial charge is 0.353 e. The van der Waals surface area contributed by atoms with Crippen molar-refractivity contribution in [1.29, 1.82) is 0 Å². The fourth-order valence-corrected chi connectivity index (χ4v) is 2.44. The zero-order valence-electron chi connectivity index (χ0n) is 11.6. The SMILES string of the molecule is CCC[C@H]1C(=O)NCCN1c1ccc([N+](=O)[O-])c(C)n1. The zero-order chi connectivity index (χ0) is 14.7. The van der Waals surface area contributed by atoms with E-state index in [9.17, 15) is 14.9 Å². The summed E-state index contributed by atoms with van der Waals surface area (Å²) in [4.78, 5) is 28.5. The summed E-state index contributed by atoms with van der Waals surface area (Å²) < 4.78 is 0. The van der Waals surface area contributed by atoms with Gasteiger partial charge < -0.3 is 10.2 Å². The second-order valence-corrected chi connectivity index (χ2v) is 4.82. The molecule has 1 saturated heterocycles. The molecule has 7 heteroatoms. The monoisotopic (exact) mass is 278 g/mol. The number of piperazine rings is 1. The molecule has 0 aromatic carbocycles. The third-order valence-electron chi connectivity index (χ3n) is 3.43. The first-order valence-electron chi connectivity index (χ1n) is 6.71. The maximum Gasteiger partial charge on any atom is 0.290 e. The van der Waals surface area contributed by atoms with Crippen LogP contribution in [0.15, 0.2) is 12.1 Å². The van der Waals surface area contributed by atoms with Gasteiger partial charge in [0.25, 0.3) is 5.69 Å². The molecule has 108 valence electrons. The molecule has 0 saturated carbocycles. The van der Waals surface area contributed by atoms with Crippen molar-refractivity contribution < 1.29 is 9.72 Å². The van der Waals surface area contributed by atoms with Crippen LogP contribution in [0.25, 0.3) is 0 Å². The van der Waals surface area contributed by atoms with Crippen molar-refractivity contribution in [2.75, 3.05) is 18.0 Å². The first-order valence-corrected chi connectivity index (χ1v) is 6.71. The first kappa shape index (κ1) is 14.2. The molecule has 7 nitrogen and oxygen atoms in total. The quantitative estimate of drug-likeness (QED) is 0.664. The number of pyridine rings is 1. The molecule has 0 unspecified atom stereocenters. The number of carbonyl (C=O) groups is 1. The fraction of sp³-hybridized carbons (Fsp3) is 0.538. The fourth-order valence-electron chi connectivity index (χ4n) is 2.44. The summed E-state index contributed by atoms with van der Waals surface area (Å²) >= 11 is 0. The molecule has 1 aromatic rings. The van der Waals surface area contributed by atoms with Gasteiger partial charge in [0.2, 0.25) is 5.91 Å². The van der Waals surface area contributed by atoms with Crippen molar-refractivity contribution in [2.24, 2.45) is 0 Å². The van der Waals surface area contributed by atoms with Gasteiger partial charge in [-0.3, -0.25) is 14.9 Å². The van der Waals surface area contributed by atoms with E-state index in [0.29, 0.717) is 24.6 Å². The van der Waals surface area contributed by atoms with Crippen LogP contribution in [0.5, 0.6) is 0 Å². The molecule has 1 fully saturated rings. The number of carbonyl (C=O) groups excluding carboxylic acids is 1. The summed E-state index contributed by atoms with van der Waals surface area (Å²) in [6.45, 7) is 4.87.